The summed E-state index contributed by atoms with van der Waals surface area (Å²) in [5.74, 6) is 0.911. The van der Waals surface area contributed by atoms with Crippen molar-refractivity contribution >= 4 is 9.84 Å². The third-order valence-electron chi connectivity index (χ3n) is 3.87. The molecule has 0 radical (unpaired) electrons. The van der Waals surface area contributed by atoms with Crippen LogP contribution in [0.2, 0.25) is 0 Å². The van der Waals surface area contributed by atoms with Gasteiger partial charge in [0.05, 0.1) is 11.0 Å². The zero-order chi connectivity index (χ0) is 12.9. The summed E-state index contributed by atoms with van der Waals surface area (Å²) in [5, 5.41) is 3.27. The Balaban J connectivity index is 2.48. The molecule has 1 fully saturated rings. The third-order valence-corrected chi connectivity index (χ3v) is 6.11. The van der Waals surface area contributed by atoms with Crippen molar-refractivity contribution in [1.29, 1.82) is 0 Å². The summed E-state index contributed by atoms with van der Waals surface area (Å²) in [7, 11) is -2.86. The van der Waals surface area contributed by atoms with Crippen LogP contribution in [0, 0.1) is 5.92 Å². The summed E-state index contributed by atoms with van der Waals surface area (Å²) >= 11 is 0. The van der Waals surface area contributed by atoms with E-state index in [1.54, 1.807) is 13.8 Å². The van der Waals surface area contributed by atoms with E-state index in [0.29, 0.717) is 17.7 Å². The number of rotatable bonds is 6. The number of sulfone groups is 1. The van der Waals surface area contributed by atoms with Crippen molar-refractivity contribution in [3.63, 3.8) is 0 Å². The maximum atomic E-state index is 11.8. The van der Waals surface area contributed by atoms with Crippen LogP contribution in [0.15, 0.2) is 0 Å². The van der Waals surface area contributed by atoms with E-state index in [9.17, 15) is 8.42 Å². The average Bonchev–Trinajstić information content (AvgIpc) is 2.28. The lowest BCUT2D eigenvalue weighted by Crippen LogP contribution is -2.39. The minimum atomic E-state index is -2.86. The molecular formula is C13H27NO2S. The predicted molar refractivity (Wildman–Crippen MR) is 73.0 cm³/mol. The lowest BCUT2D eigenvalue weighted by atomic mass is 9.83. The summed E-state index contributed by atoms with van der Waals surface area (Å²) in [6.45, 7) is 6.66. The molecular weight excluding hydrogens is 234 g/mol. The highest BCUT2D eigenvalue weighted by Gasteiger charge is 2.26. The monoisotopic (exact) mass is 261 g/mol. The van der Waals surface area contributed by atoms with Gasteiger partial charge < -0.3 is 5.32 Å². The Morgan fingerprint density at radius 1 is 1.24 bits per heavy atom. The molecule has 0 aliphatic heterocycles. The van der Waals surface area contributed by atoms with Crippen LogP contribution in [0.5, 0.6) is 0 Å². The molecule has 0 aromatic heterocycles. The molecule has 0 amide bonds. The highest BCUT2D eigenvalue weighted by atomic mass is 32.2. The molecule has 1 aliphatic rings. The van der Waals surface area contributed by atoms with Crippen molar-refractivity contribution in [2.45, 2.75) is 64.2 Å². The van der Waals surface area contributed by atoms with Crippen molar-refractivity contribution in [3.05, 3.63) is 0 Å². The molecule has 4 heteroatoms. The second kappa shape index (κ2) is 6.74. The van der Waals surface area contributed by atoms with Gasteiger partial charge in [0.2, 0.25) is 0 Å². The molecule has 102 valence electrons. The van der Waals surface area contributed by atoms with Crippen molar-refractivity contribution in [2.75, 3.05) is 12.3 Å². The fraction of sp³-hybridized carbons (Fsp3) is 1.00. The van der Waals surface area contributed by atoms with Gasteiger partial charge in [-0.05, 0) is 45.6 Å². The van der Waals surface area contributed by atoms with Crippen LogP contribution < -0.4 is 5.32 Å². The minimum absolute atomic E-state index is 0.233. The normalized spacial score (nSPS) is 26.4. The van der Waals surface area contributed by atoms with Crippen LogP contribution in [0.3, 0.4) is 0 Å². The van der Waals surface area contributed by atoms with Gasteiger partial charge in [0.25, 0.3) is 0 Å². The molecule has 0 saturated heterocycles. The van der Waals surface area contributed by atoms with E-state index in [0.717, 1.165) is 13.0 Å². The topological polar surface area (TPSA) is 46.2 Å². The van der Waals surface area contributed by atoms with Crippen molar-refractivity contribution in [2.24, 2.45) is 5.92 Å². The van der Waals surface area contributed by atoms with E-state index in [1.807, 2.05) is 0 Å². The molecule has 0 heterocycles. The van der Waals surface area contributed by atoms with E-state index in [1.165, 1.54) is 25.7 Å². The smallest absolute Gasteiger partial charge is 0.152 e. The Kier molecular flexibility index (Phi) is 5.93. The first kappa shape index (κ1) is 15.0. The largest absolute Gasteiger partial charge is 0.314 e. The summed E-state index contributed by atoms with van der Waals surface area (Å²) < 4.78 is 23.6. The Bertz CT molecular complexity index is 309. The molecule has 1 aliphatic carbocycles. The maximum Gasteiger partial charge on any atom is 0.152 e. The molecule has 0 aromatic carbocycles. The quantitative estimate of drug-likeness (QED) is 0.798. The van der Waals surface area contributed by atoms with Crippen molar-refractivity contribution in [1.82, 2.24) is 5.32 Å². The van der Waals surface area contributed by atoms with Crippen molar-refractivity contribution < 1.29 is 8.42 Å². The highest BCUT2D eigenvalue weighted by molar-refractivity contribution is 7.91. The molecule has 1 rings (SSSR count). The van der Waals surface area contributed by atoms with Gasteiger partial charge >= 0.3 is 0 Å². The zero-order valence-electron chi connectivity index (χ0n) is 11.4. The van der Waals surface area contributed by atoms with Crippen LogP contribution in [-0.2, 0) is 9.84 Å². The van der Waals surface area contributed by atoms with E-state index >= 15 is 0 Å². The Labute approximate surface area is 106 Å². The molecule has 17 heavy (non-hydrogen) atoms. The van der Waals surface area contributed by atoms with E-state index in [4.69, 9.17) is 0 Å². The Hall–Kier alpha value is -0.0900. The predicted octanol–water partition coefficient (Wildman–Crippen LogP) is 2.37. The van der Waals surface area contributed by atoms with Gasteiger partial charge in [0.1, 0.15) is 0 Å². The number of hydrogen-bond donors (Lipinski definition) is 1. The SMILES string of the molecule is CCNC1CCCCC1CCS(=O)(=O)C(C)C. The van der Waals surface area contributed by atoms with Crippen LogP contribution >= 0.6 is 0 Å². The fourth-order valence-corrected chi connectivity index (χ4v) is 3.74. The highest BCUT2D eigenvalue weighted by Crippen LogP contribution is 2.27. The first-order valence-electron chi connectivity index (χ1n) is 6.92. The van der Waals surface area contributed by atoms with Gasteiger partial charge in [-0.15, -0.1) is 0 Å². The fourth-order valence-electron chi connectivity index (χ4n) is 2.64. The molecule has 0 spiro atoms. The number of hydrogen-bond acceptors (Lipinski definition) is 3. The lowest BCUT2D eigenvalue weighted by Gasteiger charge is -2.32. The van der Waals surface area contributed by atoms with Gasteiger partial charge in [-0.3, -0.25) is 0 Å². The maximum absolute atomic E-state index is 11.8. The van der Waals surface area contributed by atoms with Gasteiger partial charge in [0.15, 0.2) is 9.84 Å². The van der Waals surface area contributed by atoms with E-state index in [-0.39, 0.29) is 5.25 Å². The van der Waals surface area contributed by atoms with Crippen LogP contribution in [0.1, 0.15) is 52.9 Å². The van der Waals surface area contributed by atoms with Crippen LogP contribution in [-0.4, -0.2) is 32.0 Å². The first-order chi connectivity index (χ1) is 7.97. The standard InChI is InChI=1S/C13H27NO2S/c1-4-14-13-8-6-5-7-12(13)9-10-17(15,16)11(2)3/h11-14H,4-10H2,1-3H3. The second-order valence-corrected chi connectivity index (χ2v) is 8.09. The first-order valence-corrected chi connectivity index (χ1v) is 8.64. The molecule has 0 aromatic rings. The van der Waals surface area contributed by atoms with E-state index < -0.39 is 9.84 Å². The van der Waals surface area contributed by atoms with Crippen LogP contribution in [0.25, 0.3) is 0 Å². The second-order valence-electron chi connectivity index (χ2n) is 5.41. The summed E-state index contributed by atoms with van der Waals surface area (Å²) in [4.78, 5) is 0. The third kappa shape index (κ3) is 4.59. The molecule has 3 nitrogen and oxygen atoms in total. The molecule has 1 saturated carbocycles. The van der Waals surface area contributed by atoms with Gasteiger partial charge in [-0.2, -0.15) is 0 Å². The van der Waals surface area contributed by atoms with Gasteiger partial charge in [-0.1, -0.05) is 19.8 Å². The molecule has 2 atom stereocenters. The lowest BCUT2D eigenvalue weighted by molar-refractivity contribution is 0.259. The molecule has 2 unspecified atom stereocenters. The van der Waals surface area contributed by atoms with Crippen molar-refractivity contribution in [3.8, 4) is 0 Å². The average molecular weight is 261 g/mol. The number of nitrogens with one attached hydrogen (secondary N) is 1. The minimum Gasteiger partial charge on any atom is -0.314 e. The van der Waals surface area contributed by atoms with E-state index in [2.05, 4.69) is 12.2 Å². The Morgan fingerprint density at radius 2 is 1.88 bits per heavy atom. The molecule has 1 N–H and O–H groups in total. The van der Waals surface area contributed by atoms with Crippen LogP contribution in [0.4, 0.5) is 0 Å². The summed E-state index contributed by atoms with van der Waals surface area (Å²) in [6, 6.07) is 0.538. The summed E-state index contributed by atoms with van der Waals surface area (Å²) in [5.41, 5.74) is 0. The summed E-state index contributed by atoms with van der Waals surface area (Å²) in [6.07, 6.45) is 5.77. The Morgan fingerprint density at radius 3 is 2.47 bits per heavy atom. The zero-order valence-corrected chi connectivity index (χ0v) is 12.2. The van der Waals surface area contributed by atoms with Gasteiger partial charge in [-0.25, -0.2) is 8.42 Å². The van der Waals surface area contributed by atoms with Gasteiger partial charge in [0, 0.05) is 6.04 Å². The molecule has 0 bridgehead atoms.